The molecule has 0 amide bonds. The summed E-state index contributed by atoms with van der Waals surface area (Å²) in [5.74, 6) is 0. The first-order chi connectivity index (χ1) is 8.83. The monoisotopic (exact) mass is 406 g/mol. The standard InChI is InChI=1S/C14H23IN2SSi/c1-9(2)19(10(3)4,11(5)6)17-7-12(15)13-14(17)16-8-18-13/h7-11H,1-6H3. The van der Waals surface area contributed by atoms with E-state index in [0.29, 0.717) is 16.6 Å². The Hall–Kier alpha value is 0.117. The van der Waals surface area contributed by atoms with Crippen molar-refractivity contribution in [1.29, 1.82) is 0 Å². The second kappa shape index (κ2) is 5.48. The molecule has 2 nitrogen and oxygen atoms in total. The molecule has 19 heavy (non-hydrogen) atoms. The summed E-state index contributed by atoms with van der Waals surface area (Å²) in [6.07, 6.45) is 2.36. The summed E-state index contributed by atoms with van der Waals surface area (Å²) in [5.41, 5.74) is 5.34. The first kappa shape index (κ1) is 15.5. The van der Waals surface area contributed by atoms with Gasteiger partial charge in [0, 0.05) is 9.77 Å². The van der Waals surface area contributed by atoms with Crippen LogP contribution in [0.1, 0.15) is 41.5 Å². The van der Waals surface area contributed by atoms with Gasteiger partial charge in [-0.1, -0.05) is 41.5 Å². The van der Waals surface area contributed by atoms with Gasteiger partial charge in [0.25, 0.3) is 0 Å². The predicted molar refractivity (Wildman–Crippen MR) is 96.8 cm³/mol. The molecule has 2 aromatic heterocycles. The minimum Gasteiger partial charge on any atom is -0.357 e. The fourth-order valence-electron chi connectivity index (χ4n) is 3.94. The molecule has 0 aromatic carbocycles. The third-order valence-corrected chi connectivity index (χ3v) is 13.2. The molecule has 0 fully saturated rings. The molecule has 2 heterocycles. The van der Waals surface area contributed by atoms with E-state index in [9.17, 15) is 0 Å². The maximum absolute atomic E-state index is 4.66. The van der Waals surface area contributed by atoms with E-state index in [0.717, 1.165) is 0 Å². The van der Waals surface area contributed by atoms with Crippen LogP contribution in [0.3, 0.4) is 0 Å². The number of hydrogen-bond acceptors (Lipinski definition) is 2. The van der Waals surface area contributed by atoms with E-state index in [2.05, 4.69) is 79.5 Å². The van der Waals surface area contributed by atoms with Gasteiger partial charge < -0.3 is 4.23 Å². The molecular weight excluding hydrogens is 383 g/mol. The van der Waals surface area contributed by atoms with Gasteiger partial charge in [0.05, 0.1) is 10.2 Å². The van der Waals surface area contributed by atoms with Gasteiger partial charge >= 0.3 is 0 Å². The van der Waals surface area contributed by atoms with Crippen molar-refractivity contribution in [3.05, 3.63) is 15.3 Å². The Morgan fingerprint density at radius 3 is 2.11 bits per heavy atom. The summed E-state index contributed by atoms with van der Waals surface area (Å²) >= 11 is 4.23. The fourth-order valence-corrected chi connectivity index (χ4v) is 12.4. The van der Waals surface area contributed by atoms with E-state index >= 15 is 0 Å². The van der Waals surface area contributed by atoms with Crippen molar-refractivity contribution in [2.24, 2.45) is 0 Å². The quantitative estimate of drug-likeness (QED) is 0.469. The molecule has 0 atom stereocenters. The third-order valence-electron chi connectivity index (χ3n) is 4.43. The summed E-state index contributed by atoms with van der Waals surface area (Å²) in [5, 5.41) is 0. The van der Waals surface area contributed by atoms with Crippen LogP contribution in [0.5, 0.6) is 0 Å². The lowest BCUT2D eigenvalue weighted by atomic mass is 10.5. The van der Waals surface area contributed by atoms with E-state index in [1.54, 1.807) is 11.3 Å². The van der Waals surface area contributed by atoms with Crippen molar-refractivity contribution in [3.63, 3.8) is 0 Å². The Morgan fingerprint density at radius 2 is 1.63 bits per heavy atom. The van der Waals surface area contributed by atoms with Gasteiger partial charge in [-0.25, -0.2) is 4.98 Å². The Labute approximate surface area is 134 Å². The summed E-state index contributed by atoms with van der Waals surface area (Å²) in [6, 6.07) is 0. The van der Waals surface area contributed by atoms with Crippen LogP contribution in [0.25, 0.3) is 10.3 Å². The van der Waals surface area contributed by atoms with Crippen LogP contribution in [0.4, 0.5) is 0 Å². The highest BCUT2D eigenvalue weighted by Gasteiger charge is 2.46. The van der Waals surface area contributed by atoms with Gasteiger partial charge in [0.1, 0.15) is 5.65 Å². The molecule has 0 spiro atoms. The van der Waals surface area contributed by atoms with Crippen molar-refractivity contribution in [1.82, 2.24) is 9.22 Å². The highest BCUT2D eigenvalue weighted by molar-refractivity contribution is 14.1. The van der Waals surface area contributed by atoms with Crippen molar-refractivity contribution in [2.75, 3.05) is 0 Å². The number of aromatic nitrogens is 2. The lowest BCUT2D eigenvalue weighted by molar-refractivity contribution is 0.770. The van der Waals surface area contributed by atoms with Crippen LogP contribution in [0.15, 0.2) is 11.7 Å². The van der Waals surface area contributed by atoms with Gasteiger partial charge in [-0.15, -0.1) is 11.3 Å². The lowest BCUT2D eigenvalue weighted by Gasteiger charge is -2.44. The topological polar surface area (TPSA) is 17.8 Å². The number of nitrogens with zero attached hydrogens (tertiary/aromatic N) is 2. The van der Waals surface area contributed by atoms with E-state index < -0.39 is 8.24 Å². The molecular formula is C14H23IN2SSi. The minimum atomic E-state index is -1.65. The van der Waals surface area contributed by atoms with E-state index in [1.807, 2.05) is 5.51 Å². The van der Waals surface area contributed by atoms with Crippen LogP contribution in [-0.4, -0.2) is 17.5 Å². The number of hydrogen-bond donors (Lipinski definition) is 0. The zero-order valence-electron chi connectivity index (χ0n) is 12.6. The zero-order valence-corrected chi connectivity index (χ0v) is 16.5. The summed E-state index contributed by atoms with van der Waals surface area (Å²) in [7, 11) is -1.65. The molecule has 0 aliphatic rings. The maximum atomic E-state index is 4.66. The average Bonchev–Trinajstić information content (AvgIpc) is 2.83. The fraction of sp³-hybridized carbons (Fsp3) is 0.643. The zero-order chi connectivity index (χ0) is 14.4. The summed E-state index contributed by atoms with van der Waals surface area (Å²) in [6.45, 7) is 14.4. The molecule has 0 N–H and O–H groups in total. The Balaban J connectivity index is 2.77. The number of thiazole rings is 1. The smallest absolute Gasteiger partial charge is 0.171 e. The maximum Gasteiger partial charge on any atom is 0.171 e. The Kier molecular flexibility index (Phi) is 4.47. The molecule has 2 rings (SSSR count). The lowest BCUT2D eigenvalue weighted by Crippen LogP contribution is -2.51. The second-order valence-electron chi connectivity index (χ2n) is 6.20. The van der Waals surface area contributed by atoms with Crippen LogP contribution >= 0.6 is 33.9 Å². The normalized spacial score (nSPS) is 13.4. The number of fused-ring (bicyclic) bond motifs is 1. The summed E-state index contributed by atoms with van der Waals surface area (Å²) < 4.78 is 5.31. The molecule has 5 heteroatoms. The van der Waals surface area contributed by atoms with Gasteiger partial charge in [-0.2, -0.15) is 0 Å². The van der Waals surface area contributed by atoms with Gasteiger partial charge in [0.2, 0.25) is 0 Å². The van der Waals surface area contributed by atoms with Crippen LogP contribution in [-0.2, 0) is 0 Å². The molecule has 0 unspecified atom stereocenters. The SMILES string of the molecule is CC(C)[Si](C(C)C)(C(C)C)n1cc(I)c2scnc21. The van der Waals surface area contributed by atoms with Gasteiger partial charge in [-0.3, -0.25) is 0 Å². The predicted octanol–water partition coefficient (Wildman–Crippen LogP) is 5.73. The second-order valence-corrected chi connectivity index (χ2v) is 13.9. The average molecular weight is 406 g/mol. The molecule has 0 bridgehead atoms. The number of halogens is 1. The highest BCUT2D eigenvalue weighted by atomic mass is 127. The summed E-state index contributed by atoms with van der Waals surface area (Å²) in [4.78, 5) is 4.66. The first-order valence-electron chi connectivity index (χ1n) is 6.93. The Bertz CT molecular complexity index is 549. The van der Waals surface area contributed by atoms with Crippen LogP contribution in [0, 0.1) is 3.57 Å². The van der Waals surface area contributed by atoms with Gasteiger partial charge in [0.15, 0.2) is 8.24 Å². The largest absolute Gasteiger partial charge is 0.357 e. The van der Waals surface area contributed by atoms with Crippen molar-refractivity contribution < 1.29 is 0 Å². The van der Waals surface area contributed by atoms with Crippen molar-refractivity contribution in [3.8, 4) is 0 Å². The Morgan fingerprint density at radius 1 is 1.11 bits per heavy atom. The highest BCUT2D eigenvalue weighted by Crippen LogP contribution is 2.45. The molecule has 0 aliphatic carbocycles. The molecule has 0 saturated carbocycles. The minimum absolute atomic E-state index is 0.709. The molecule has 106 valence electrons. The van der Waals surface area contributed by atoms with Crippen LogP contribution in [0.2, 0.25) is 16.6 Å². The third kappa shape index (κ3) is 2.21. The van der Waals surface area contributed by atoms with Crippen molar-refractivity contribution >= 4 is 52.5 Å². The molecule has 0 aliphatic heterocycles. The molecule has 0 radical (unpaired) electrons. The van der Waals surface area contributed by atoms with Crippen LogP contribution < -0.4 is 0 Å². The van der Waals surface area contributed by atoms with Gasteiger partial charge in [-0.05, 0) is 39.2 Å². The van der Waals surface area contributed by atoms with Crippen molar-refractivity contribution in [2.45, 2.75) is 58.2 Å². The first-order valence-corrected chi connectivity index (χ1v) is 11.1. The van der Waals surface area contributed by atoms with E-state index in [4.69, 9.17) is 0 Å². The molecule has 2 aromatic rings. The molecule has 0 saturated heterocycles. The number of rotatable bonds is 4. The van der Waals surface area contributed by atoms with E-state index in [1.165, 1.54) is 13.9 Å². The van der Waals surface area contributed by atoms with E-state index in [-0.39, 0.29) is 0 Å².